The van der Waals surface area contributed by atoms with E-state index in [2.05, 4.69) is 6.92 Å². The topological polar surface area (TPSA) is 43.1 Å². The third-order valence-electron chi connectivity index (χ3n) is 3.87. The molecule has 1 unspecified atom stereocenters. The maximum atomic E-state index is 13.2. The molecule has 1 aromatic carbocycles. The molecule has 2 N–H and O–H groups in total. The van der Waals surface area contributed by atoms with Crippen LogP contribution in [0.5, 0.6) is 0 Å². The van der Waals surface area contributed by atoms with Gasteiger partial charge in [0.1, 0.15) is 5.82 Å². The van der Waals surface area contributed by atoms with Crippen LogP contribution in [0.3, 0.4) is 0 Å². The first kappa shape index (κ1) is 13.5. The van der Waals surface area contributed by atoms with Crippen LogP contribution in [0.25, 0.3) is 0 Å². The summed E-state index contributed by atoms with van der Waals surface area (Å²) >= 11 is 0. The lowest BCUT2D eigenvalue weighted by Gasteiger charge is -2.27. The lowest BCUT2D eigenvalue weighted by atomic mass is 9.87. The molecule has 0 saturated heterocycles. The van der Waals surface area contributed by atoms with Crippen LogP contribution < -0.4 is 5.73 Å². The van der Waals surface area contributed by atoms with Gasteiger partial charge in [-0.1, -0.05) is 13.3 Å². The summed E-state index contributed by atoms with van der Waals surface area (Å²) < 4.78 is 25.6. The van der Waals surface area contributed by atoms with Crippen molar-refractivity contribution in [1.82, 2.24) is 0 Å². The van der Waals surface area contributed by atoms with Gasteiger partial charge in [0.15, 0.2) is 0 Å². The normalized spacial score (nSPS) is 25.9. The molecule has 1 aliphatic rings. The van der Waals surface area contributed by atoms with E-state index in [1.807, 2.05) is 0 Å². The van der Waals surface area contributed by atoms with Crippen molar-refractivity contribution >= 4 is 16.5 Å². The standard InChI is InChI=1S/C14H20FNOS/c1-2-10-3-6-12(7-4-10)18(17)14-9-11(15)5-8-13(14)16/h5,8-10,12H,2-4,6-7,16H2,1H3. The second-order valence-corrected chi connectivity index (χ2v) is 6.73. The minimum absolute atomic E-state index is 0.136. The van der Waals surface area contributed by atoms with E-state index < -0.39 is 10.8 Å². The van der Waals surface area contributed by atoms with E-state index in [-0.39, 0.29) is 11.1 Å². The molecule has 1 aromatic rings. The SMILES string of the molecule is CCC1CCC(S(=O)c2cc(F)ccc2N)CC1. The average molecular weight is 269 g/mol. The van der Waals surface area contributed by atoms with E-state index in [0.717, 1.165) is 31.6 Å². The third kappa shape index (κ3) is 2.91. The van der Waals surface area contributed by atoms with Crippen LogP contribution in [0.1, 0.15) is 39.0 Å². The van der Waals surface area contributed by atoms with Crippen molar-refractivity contribution in [3.05, 3.63) is 24.0 Å². The van der Waals surface area contributed by atoms with Crippen LogP contribution in [0, 0.1) is 11.7 Å². The van der Waals surface area contributed by atoms with E-state index in [4.69, 9.17) is 5.73 Å². The maximum Gasteiger partial charge on any atom is 0.124 e. The first-order valence-electron chi connectivity index (χ1n) is 6.57. The molecule has 0 aliphatic heterocycles. The highest BCUT2D eigenvalue weighted by atomic mass is 32.2. The molecule has 18 heavy (non-hydrogen) atoms. The van der Waals surface area contributed by atoms with E-state index >= 15 is 0 Å². The van der Waals surface area contributed by atoms with E-state index in [1.165, 1.54) is 24.6 Å². The summed E-state index contributed by atoms with van der Waals surface area (Å²) in [5.41, 5.74) is 6.23. The molecule has 0 aromatic heterocycles. The van der Waals surface area contributed by atoms with Gasteiger partial charge in [0.25, 0.3) is 0 Å². The first-order valence-corrected chi connectivity index (χ1v) is 7.78. The third-order valence-corrected chi connectivity index (χ3v) is 5.73. The molecule has 0 radical (unpaired) electrons. The van der Waals surface area contributed by atoms with Crippen LogP contribution in [-0.4, -0.2) is 9.46 Å². The highest BCUT2D eigenvalue weighted by Crippen LogP contribution is 2.32. The maximum absolute atomic E-state index is 13.2. The molecule has 0 bridgehead atoms. The average Bonchev–Trinajstić information content (AvgIpc) is 2.41. The summed E-state index contributed by atoms with van der Waals surface area (Å²) in [4.78, 5) is 0.468. The zero-order valence-corrected chi connectivity index (χ0v) is 11.5. The van der Waals surface area contributed by atoms with Gasteiger partial charge in [0.05, 0.1) is 15.7 Å². The van der Waals surface area contributed by atoms with E-state index in [1.54, 1.807) is 0 Å². The minimum atomic E-state index is -1.17. The molecule has 2 nitrogen and oxygen atoms in total. The Morgan fingerprint density at radius 3 is 2.61 bits per heavy atom. The predicted molar refractivity (Wildman–Crippen MR) is 73.3 cm³/mol. The van der Waals surface area contributed by atoms with Gasteiger partial charge in [-0.2, -0.15) is 0 Å². The van der Waals surface area contributed by atoms with Crippen molar-refractivity contribution in [2.45, 2.75) is 49.2 Å². The zero-order valence-electron chi connectivity index (χ0n) is 10.7. The van der Waals surface area contributed by atoms with Crippen molar-refractivity contribution in [2.75, 3.05) is 5.73 Å². The number of rotatable bonds is 3. The Morgan fingerprint density at radius 2 is 2.00 bits per heavy atom. The molecule has 0 spiro atoms. The fourth-order valence-corrected chi connectivity index (χ4v) is 4.20. The number of nitrogen functional groups attached to an aromatic ring is 1. The molecular weight excluding hydrogens is 249 g/mol. The summed E-state index contributed by atoms with van der Waals surface area (Å²) in [7, 11) is -1.17. The Hall–Kier alpha value is -0.900. The van der Waals surface area contributed by atoms with Crippen LogP contribution in [0.4, 0.5) is 10.1 Å². The van der Waals surface area contributed by atoms with Crippen LogP contribution in [0.2, 0.25) is 0 Å². The summed E-state index contributed by atoms with van der Waals surface area (Å²) in [6.45, 7) is 2.20. The predicted octanol–water partition coefficient (Wildman–Crippen LogP) is 3.48. The lowest BCUT2D eigenvalue weighted by Crippen LogP contribution is -2.23. The van der Waals surface area contributed by atoms with Gasteiger partial charge in [0.2, 0.25) is 0 Å². The summed E-state index contributed by atoms with van der Waals surface area (Å²) in [6, 6.07) is 4.13. The second kappa shape index (κ2) is 5.83. The molecule has 1 atom stereocenters. The number of benzene rings is 1. The van der Waals surface area contributed by atoms with Gasteiger partial charge in [-0.15, -0.1) is 0 Å². The van der Waals surface area contributed by atoms with Gasteiger partial charge in [0, 0.05) is 10.9 Å². The number of halogens is 1. The summed E-state index contributed by atoms with van der Waals surface area (Å²) in [5, 5.41) is 0.136. The Labute approximate surface area is 110 Å². The minimum Gasteiger partial charge on any atom is -0.398 e. The van der Waals surface area contributed by atoms with Gasteiger partial charge >= 0.3 is 0 Å². The molecule has 100 valence electrons. The van der Waals surface area contributed by atoms with Crippen molar-refractivity contribution in [3.8, 4) is 0 Å². The molecule has 1 saturated carbocycles. The van der Waals surface area contributed by atoms with E-state index in [0.29, 0.717) is 10.6 Å². The van der Waals surface area contributed by atoms with Crippen LogP contribution >= 0.6 is 0 Å². The van der Waals surface area contributed by atoms with Crippen molar-refractivity contribution in [1.29, 1.82) is 0 Å². The van der Waals surface area contributed by atoms with Crippen molar-refractivity contribution < 1.29 is 8.60 Å². The fraction of sp³-hybridized carbons (Fsp3) is 0.571. The molecule has 4 heteroatoms. The Kier molecular flexibility index (Phi) is 4.38. The smallest absolute Gasteiger partial charge is 0.124 e. The van der Waals surface area contributed by atoms with Crippen molar-refractivity contribution in [2.24, 2.45) is 5.92 Å². The lowest BCUT2D eigenvalue weighted by molar-refractivity contribution is 0.353. The Bertz CT molecular complexity index is 441. The van der Waals surface area contributed by atoms with Gasteiger partial charge in [-0.3, -0.25) is 4.21 Å². The van der Waals surface area contributed by atoms with Gasteiger partial charge < -0.3 is 5.73 Å². The number of hydrogen-bond donors (Lipinski definition) is 1. The summed E-state index contributed by atoms with van der Waals surface area (Å²) in [6.07, 6.45) is 5.37. The second-order valence-electron chi connectivity index (χ2n) is 5.03. The van der Waals surface area contributed by atoms with Crippen LogP contribution in [0.15, 0.2) is 23.1 Å². The Balaban J connectivity index is 2.10. The molecule has 2 rings (SSSR count). The number of nitrogens with two attached hydrogens (primary N) is 1. The molecule has 1 aliphatic carbocycles. The van der Waals surface area contributed by atoms with E-state index in [9.17, 15) is 8.60 Å². The monoisotopic (exact) mass is 269 g/mol. The molecule has 0 amide bonds. The highest BCUT2D eigenvalue weighted by Gasteiger charge is 2.26. The molecular formula is C14H20FNOS. The zero-order chi connectivity index (χ0) is 13.1. The fourth-order valence-electron chi connectivity index (χ4n) is 2.62. The van der Waals surface area contributed by atoms with Crippen molar-refractivity contribution in [3.63, 3.8) is 0 Å². The molecule has 0 heterocycles. The number of anilines is 1. The highest BCUT2D eigenvalue weighted by molar-refractivity contribution is 7.85. The van der Waals surface area contributed by atoms with Gasteiger partial charge in [-0.25, -0.2) is 4.39 Å². The largest absolute Gasteiger partial charge is 0.398 e. The van der Waals surface area contributed by atoms with Gasteiger partial charge in [-0.05, 0) is 49.8 Å². The molecule has 1 fully saturated rings. The number of hydrogen-bond acceptors (Lipinski definition) is 2. The Morgan fingerprint density at radius 1 is 1.33 bits per heavy atom. The summed E-state index contributed by atoms with van der Waals surface area (Å²) in [5.74, 6) is 0.401. The van der Waals surface area contributed by atoms with Crippen LogP contribution in [-0.2, 0) is 10.8 Å². The quantitative estimate of drug-likeness (QED) is 0.854. The first-order chi connectivity index (χ1) is 8.61.